The zero-order valence-electron chi connectivity index (χ0n) is 14.9. The minimum absolute atomic E-state index is 0.0550. The summed E-state index contributed by atoms with van der Waals surface area (Å²) in [4.78, 5) is 38.3. The number of nitrogens with zero attached hydrogens (tertiary/aromatic N) is 1. The highest BCUT2D eigenvalue weighted by molar-refractivity contribution is 6.33. The second-order valence-electron chi connectivity index (χ2n) is 6.36. The Labute approximate surface area is 162 Å². The molecule has 0 saturated carbocycles. The highest BCUT2D eigenvalue weighted by Gasteiger charge is 2.30. The van der Waals surface area contributed by atoms with Gasteiger partial charge in [-0.3, -0.25) is 25.2 Å². The topological polar surface area (TPSA) is 78.5 Å². The van der Waals surface area contributed by atoms with Gasteiger partial charge in [0.05, 0.1) is 23.0 Å². The quantitative estimate of drug-likeness (QED) is 0.797. The summed E-state index contributed by atoms with van der Waals surface area (Å²) in [6.07, 6.45) is 0.816. The Morgan fingerprint density at radius 3 is 2.52 bits per heavy atom. The maximum atomic E-state index is 12.4. The molecule has 7 heteroatoms. The van der Waals surface area contributed by atoms with Crippen LogP contribution in [0.15, 0.2) is 48.5 Å². The van der Waals surface area contributed by atoms with E-state index in [0.29, 0.717) is 11.6 Å². The lowest BCUT2D eigenvalue weighted by Gasteiger charge is -2.36. The van der Waals surface area contributed by atoms with Crippen molar-refractivity contribution < 1.29 is 14.4 Å². The summed E-state index contributed by atoms with van der Waals surface area (Å²) in [7, 11) is 0. The van der Waals surface area contributed by atoms with Crippen LogP contribution in [0.2, 0.25) is 5.02 Å². The molecule has 1 aliphatic rings. The summed E-state index contributed by atoms with van der Waals surface area (Å²) in [6.45, 7) is 2.06. The van der Waals surface area contributed by atoms with Gasteiger partial charge in [0, 0.05) is 13.5 Å². The molecule has 2 aromatic rings. The van der Waals surface area contributed by atoms with E-state index in [9.17, 15) is 14.4 Å². The van der Waals surface area contributed by atoms with Gasteiger partial charge in [-0.15, -0.1) is 0 Å². The van der Waals surface area contributed by atoms with Crippen LogP contribution >= 0.6 is 11.6 Å². The molecular formula is C20H20ClN3O3. The number of halogens is 1. The fourth-order valence-corrected chi connectivity index (χ4v) is 3.54. The Balaban J connectivity index is 1.68. The van der Waals surface area contributed by atoms with Crippen molar-refractivity contribution in [2.24, 2.45) is 0 Å². The lowest BCUT2D eigenvalue weighted by molar-refractivity contribution is -0.133. The molecule has 0 aromatic heterocycles. The lowest BCUT2D eigenvalue weighted by Crippen LogP contribution is -2.45. The Hall–Kier alpha value is -2.86. The van der Waals surface area contributed by atoms with Crippen LogP contribution in [-0.2, 0) is 16.0 Å². The van der Waals surface area contributed by atoms with Gasteiger partial charge in [-0.2, -0.15) is 0 Å². The molecule has 2 aromatic carbocycles. The number of hydrazine groups is 1. The van der Waals surface area contributed by atoms with Crippen molar-refractivity contribution in [2.45, 2.75) is 25.8 Å². The molecule has 1 heterocycles. The first-order valence-corrected chi connectivity index (χ1v) is 9.04. The molecule has 3 amide bonds. The van der Waals surface area contributed by atoms with Crippen molar-refractivity contribution in [2.75, 3.05) is 6.54 Å². The summed E-state index contributed by atoms with van der Waals surface area (Å²) < 4.78 is 0. The minimum Gasteiger partial charge on any atom is -0.335 e. The average Bonchev–Trinajstić information content (AvgIpc) is 2.66. The highest BCUT2D eigenvalue weighted by atomic mass is 35.5. The van der Waals surface area contributed by atoms with Crippen LogP contribution in [0, 0.1) is 0 Å². The van der Waals surface area contributed by atoms with Crippen molar-refractivity contribution in [1.82, 2.24) is 15.8 Å². The van der Waals surface area contributed by atoms with Gasteiger partial charge in [-0.05, 0) is 29.7 Å². The van der Waals surface area contributed by atoms with Crippen LogP contribution in [0.5, 0.6) is 0 Å². The number of hydrogen-bond acceptors (Lipinski definition) is 3. The molecule has 0 aliphatic carbocycles. The predicted octanol–water partition coefficient (Wildman–Crippen LogP) is 2.64. The van der Waals surface area contributed by atoms with Crippen LogP contribution in [-0.4, -0.2) is 29.2 Å². The van der Waals surface area contributed by atoms with Gasteiger partial charge in [0.25, 0.3) is 5.91 Å². The Kier molecular flexibility index (Phi) is 5.76. The molecule has 1 atom stereocenters. The molecule has 0 saturated heterocycles. The van der Waals surface area contributed by atoms with E-state index < -0.39 is 5.91 Å². The summed E-state index contributed by atoms with van der Waals surface area (Å²) in [6, 6.07) is 14.0. The lowest BCUT2D eigenvalue weighted by atomic mass is 9.90. The van der Waals surface area contributed by atoms with Gasteiger partial charge in [-0.25, -0.2) is 0 Å². The Bertz CT molecular complexity index is 884. The van der Waals surface area contributed by atoms with E-state index in [-0.39, 0.29) is 29.8 Å². The number of carbonyl (C=O) groups excluding carboxylic acids is 3. The fraction of sp³-hybridized carbons (Fsp3) is 0.250. The molecule has 0 bridgehead atoms. The van der Waals surface area contributed by atoms with Crippen molar-refractivity contribution in [3.05, 3.63) is 70.2 Å². The predicted molar refractivity (Wildman–Crippen MR) is 102 cm³/mol. The number of amides is 3. The molecule has 3 rings (SSSR count). The summed E-state index contributed by atoms with van der Waals surface area (Å²) in [5, 5.41) is 0.299. The molecule has 140 valence electrons. The second kappa shape index (κ2) is 8.22. The third-order valence-corrected chi connectivity index (χ3v) is 4.96. The van der Waals surface area contributed by atoms with Crippen LogP contribution in [0.4, 0.5) is 0 Å². The highest BCUT2D eigenvalue weighted by Crippen LogP contribution is 2.32. The van der Waals surface area contributed by atoms with E-state index in [1.807, 2.05) is 24.3 Å². The van der Waals surface area contributed by atoms with Crippen LogP contribution in [0.25, 0.3) is 0 Å². The monoisotopic (exact) mass is 385 g/mol. The first kappa shape index (κ1) is 18.9. The van der Waals surface area contributed by atoms with E-state index in [0.717, 1.165) is 17.5 Å². The zero-order chi connectivity index (χ0) is 19.4. The van der Waals surface area contributed by atoms with Crippen LogP contribution in [0.3, 0.4) is 0 Å². The molecule has 0 radical (unpaired) electrons. The molecule has 0 fully saturated rings. The maximum Gasteiger partial charge on any atom is 0.271 e. The van der Waals surface area contributed by atoms with Gasteiger partial charge >= 0.3 is 0 Å². The molecule has 1 unspecified atom stereocenters. The summed E-state index contributed by atoms with van der Waals surface area (Å²) in [5.41, 5.74) is 7.15. The van der Waals surface area contributed by atoms with Crippen molar-refractivity contribution in [1.29, 1.82) is 0 Å². The van der Waals surface area contributed by atoms with Crippen LogP contribution < -0.4 is 10.9 Å². The van der Waals surface area contributed by atoms with E-state index in [2.05, 4.69) is 10.9 Å². The van der Waals surface area contributed by atoms with Crippen LogP contribution in [0.1, 0.15) is 40.9 Å². The number of nitrogens with one attached hydrogen (secondary N) is 2. The van der Waals surface area contributed by atoms with E-state index in [1.165, 1.54) is 6.92 Å². The zero-order valence-corrected chi connectivity index (χ0v) is 15.6. The number of carbonyl (C=O) groups is 3. The SMILES string of the molecule is CC(=O)N1CCc2ccccc2C1CC(=O)NNC(=O)c1ccccc1Cl. The first-order chi connectivity index (χ1) is 13.0. The third-order valence-electron chi connectivity index (χ3n) is 4.63. The minimum atomic E-state index is -0.499. The fourth-order valence-electron chi connectivity index (χ4n) is 3.31. The molecular weight excluding hydrogens is 366 g/mol. The first-order valence-electron chi connectivity index (χ1n) is 8.66. The molecule has 1 aliphatic heterocycles. The number of fused-ring (bicyclic) bond motifs is 1. The summed E-state index contributed by atoms with van der Waals surface area (Å²) >= 11 is 5.98. The van der Waals surface area contributed by atoms with Gasteiger partial charge < -0.3 is 4.90 Å². The Morgan fingerprint density at radius 1 is 1.07 bits per heavy atom. The molecule has 2 N–H and O–H groups in total. The number of benzene rings is 2. The molecule has 6 nitrogen and oxygen atoms in total. The van der Waals surface area contributed by atoms with Crippen molar-refractivity contribution >= 4 is 29.3 Å². The largest absolute Gasteiger partial charge is 0.335 e. The van der Waals surface area contributed by atoms with E-state index >= 15 is 0 Å². The van der Waals surface area contributed by atoms with Gasteiger partial charge in [0.1, 0.15) is 0 Å². The standard InChI is InChI=1S/C20H20ClN3O3/c1-13(25)24-11-10-14-6-2-3-7-15(14)18(24)12-19(26)22-23-20(27)16-8-4-5-9-17(16)21/h2-9,18H,10-12H2,1H3,(H,22,26)(H,23,27). The Morgan fingerprint density at radius 2 is 1.78 bits per heavy atom. The number of rotatable bonds is 3. The molecule has 0 spiro atoms. The average molecular weight is 386 g/mol. The molecule has 27 heavy (non-hydrogen) atoms. The summed E-state index contributed by atoms with van der Waals surface area (Å²) in [5.74, 6) is -0.966. The van der Waals surface area contributed by atoms with Gasteiger partial charge in [0.2, 0.25) is 11.8 Å². The second-order valence-corrected chi connectivity index (χ2v) is 6.77. The van der Waals surface area contributed by atoms with Gasteiger partial charge in [-0.1, -0.05) is 48.0 Å². The number of hydrogen-bond donors (Lipinski definition) is 2. The maximum absolute atomic E-state index is 12.4. The normalized spacial score (nSPS) is 15.6. The van der Waals surface area contributed by atoms with E-state index in [1.54, 1.807) is 29.2 Å². The van der Waals surface area contributed by atoms with E-state index in [4.69, 9.17) is 11.6 Å². The van der Waals surface area contributed by atoms with Crippen molar-refractivity contribution in [3.63, 3.8) is 0 Å². The smallest absolute Gasteiger partial charge is 0.271 e. The van der Waals surface area contributed by atoms with Crippen molar-refractivity contribution in [3.8, 4) is 0 Å². The third kappa shape index (κ3) is 4.28. The van der Waals surface area contributed by atoms with Gasteiger partial charge in [0.15, 0.2) is 0 Å².